The Balaban J connectivity index is 0.000000410. The zero-order chi connectivity index (χ0) is 109. The number of hydrogen-bond acceptors (Lipinski definition) is 23. The molecule has 1 unspecified atom stereocenters. The Bertz CT molecular complexity index is 6080. The maximum absolute atomic E-state index is 13.5. The highest BCUT2D eigenvalue weighted by molar-refractivity contribution is 14.1. The number of likely N-dealkylation sites (N-methyl/N-ethyl adjacent to an activating group) is 1. The lowest BCUT2D eigenvalue weighted by Crippen LogP contribution is -2.39. The van der Waals surface area contributed by atoms with Gasteiger partial charge in [-0.05, 0) is 486 Å². The summed E-state index contributed by atoms with van der Waals surface area (Å²) in [5.74, 6) is -6.39. The normalized spacial score (nSPS) is 12.5. The number of hydrogen-bond donors (Lipinski definition) is 14. The van der Waals surface area contributed by atoms with Gasteiger partial charge in [-0.3, -0.25) is 91.1 Å². The zero-order valence-electron chi connectivity index (χ0n) is 77.7. The number of amides is 13. The second kappa shape index (κ2) is 62.8. The van der Waals surface area contributed by atoms with Crippen molar-refractivity contribution in [1.82, 2.24) is 42.5 Å². The molecule has 0 radical (unpaired) electrons. The Morgan fingerprint density at radius 1 is 0.317 bits per heavy atom. The van der Waals surface area contributed by atoms with Crippen molar-refractivity contribution in [2.24, 2.45) is 17.6 Å². The molecule has 1 atom stereocenters. The van der Waals surface area contributed by atoms with E-state index in [2.05, 4.69) is 65.4 Å². The van der Waals surface area contributed by atoms with Crippen molar-refractivity contribution in [3.8, 4) is 0 Å². The molecule has 54 heteroatoms. The van der Waals surface area contributed by atoms with Crippen molar-refractivity contribution < 1.29 is 101 Å². The van der Waals surface area contributed by atoms with Gasteiger partial charge in [0.2, 0.25) is 35.4 Å². The number of carbonyl (C=O) groups is 19. The topological polar surface area (TPSA) is 533 Å². The minimum absolute atomic E-state index is 0.00178. The summed E-state index contributed by atoms with van der Waals surface area (Å²) in [6.45, 7) is 12.0. The third kappa shape index (κ3) is 34.2. The van der Waals surface area contributed by atoms with Crippen LogP contribution in [0.5, 0.6) is 0 Å². The van der Waals surface area contributed by atoms with E-state index in [4.69, 9.17) is 15.9 Å². The highest BCUT2D eigenvalue weighted by atomic mass is 127. The van der Waals surface area contributed by atoms with E-state index < -0.39 is 78.7 Å². The molecule has 6 aromatic rings. The summed E-state index contributed by atoms with van der Waals surface area (Å²) < 4.78 is 7.81. The summed E-state index contributed by atoms with van der Waals surface area (Å²) in [5.41, 5.74) is 10.1. The number of nitrogens with zero attached hydrogens (tertiary/aromatic N) is 3. The van der Waals surface area contributed by atoms with Crippen molar-refractivity contribution in [3.05, 3.63) is 131 Å². The minimum atomic E-state index is -0.649. The van der Waals surface area contributed by atoms with Gasteiger partial charge in [0.25, 0.3) is 41.4 Å². The number of carbonyl (C=O) groups excluding carboxylic acids is 19. The Hall–Kier alpha value is -0.570. The summed E-state index contributed by atoms with van der Waals surface area (Å²) in [7, 11) is 9.45. The van der Waals surface area contributed by atoms with Gasteiger partial charge in [-0.25, -0.2) is 0 Å². The molecule has 1 aliphatic rings. The molecule has 0 saturated heterocycles. The average molecular weight is 3980 g/mol. The van der Waals surface area contributed by atoms with Crippen LogP contribution in [0.25, 0.3) is 0 Å². The van der Waals surface area contributed by atoms with Crippen LogP contribution in [0.2, 0.25) is 0 Å². The summed E-state index contributed by atoms with van der Waals surface area (Å²) in [4.78, 5) is 246. The molecular formula is C88H93I18N15O21. The smallest absolute Gasteiger partial charge is 0.253 e. The number of benzene rings is 6. The number of aliphatic hydroxyl groups excluding tert-OH is 2. The fourth-order valence-electron chi connectivity index (χ4n) is 13.4. The first-order valence-electron chi connectivity index (χ1n) is 41.6. The van der Waals surface area contributed by atoms with Gasteiger partial charge in [0.1, 0.15) is 0 Å². The van der Waals surface area contributed by atoms with Crippen LogP contribution in [0.3, 0.4) is 0 Å². The first kappa shape index (κ1) is 134. The molecule has 36 nitrogen and oxygen atoms in total. The lowest BCUT2D eigenvalue weighted by Gasteiger charge is -2.28. The molecule has 7 rings (SSSR count). The molecule has 1 saturated carbocycles. The predicted octanol–water partition coefficient (Wildman–Crippen LogP) is 16.3. The van der Waals surface area contributed by atoms with E-state index in [9.17, 15) is 91.1 Å². The molecule has 0 heterocycles. The zero-order valence-corrected chi connectivity index (χ0v) is 117. The molecule has 6 aromatic carbocycles. The van der Waals surface area contributed by atoms with Gasteiger partial charge in [0, 0.05) is 142 Å². The van der Waals surface area contributed by atoms with Gasteiger partial charge in [-0.1, -0.05) is 26.2 Å². The summed E-state index contributed by atoms with van der Waals surface area (Å²) in [6, 6.07) is 0.0555. The number of aliphatic hydroxyl groups is 2. The molecule has 15 N–H and O–H groups in total. The standard InChI is InChI=1S/C25H23I6N5O7.C25H22I6N4O7.C24H20I6N4O6.C14H28N2O/c1-8(38)11-15(26)12(24(42)33-5-6-37)18(29)21(17(11)28)35-10(40)7-34-25(43)14-16(27)13(23(41)32-3)19(30)22(20(14)31)36(4)9(2)39;1-8(37)12-16(26)14(24(41)32-5-6-36)19(29)22(18(12)28)34-11(40)7-33-25(42)15-17(27)13(9(2)38)20(30)23(21(15)31)35(4)10(3)39;1-7(35)11-15(25)12(8(2)36)18(28)21(17(11)27)33-10(38)6-32-24(40)14-16(26)13(23(39)31-4)19(29)22(20(14)30)34(5)9(3)37;1-11-6-8-12(9-7-11)14(17)13(16-2)5-3-4-10-15/h37H,5-7H2,1-4H3,(H,32,41)(H,33,42)(H,34,43)(H,35,40);36H,5-7H2,1-4H3,(H,32,41)(H,33,42)(H,34,40);6H2,1-5H3,(H,31,39)(H,32,40)(H,33,38);11-13,16H,3-10,15H2,1-2H3. The van der Waals surface area contributed by atoms with E-state index in [1.165, 1.54) is 104 Å². The van der Waals surface area contributed by atoms with Crippen LogP contribution >= 0.6 is 407 Å². The van der Waals surface area contributed by atoms with Gasteiger partial charge in [0.05, 0.1) is 137 Å². The van der Waals surface area contributed by atoms with E-state index >= 15 is 0 Å². The number of rotatable bonds is 35. The molecular weight excluding hydrogens is 3890 g/mol. The number of Topliss-reactive ketones (excluding diaryl/α,β-unsaturated/α-hetero) is 6. The Labute approximate surface area is 1060 Å². The first-order chi connectivity index (χ1) is 66.2. The van der Waals surface area contributed by atoms with Gasteiger partial charge in [-0.15, -0.1) is 0 Å². The second-order valence-electron chi connectivity index (χ2n) is 30.6. The van der Waals surface area contributed by atoms with E-state index in [1.807, 2.05) is 414 Å². The van der Waals surface area contributed by atoms with Crippen molar-refractivity contribution in [1.29, 1.82) is 0 Å². The highest BCUT2D eigenvalue weighted by Crippen LogP contribution is 2.45. The molecule has 142 heavy (non-hydrogen) atoms. The maximum Gasteiger partial charge on any atom is 0.253 e. The second-order valence-corrected chi connectivity index (χ2v) is 50.0. The van der Waals surface area contributed by atoms with Gasteiger partial charge in [-0.2, -0.15) is 0 Å². The molecule has 1 aliphatic carbocycles. The maximum atomic E-state index is 13.5. The average Bonchev–Trinajstić information content (AvgIpc) is 0.833. The minimum Gasteiger partial charge on any atom is -0.395 e. The lowest BCUT2D eigenvalue weighted by molar-refractivity contribution is -0.126. The quantitative estimate of drug-likeness (QED) is 0.00998. The Kier molecular flexibility index (Phi) is 59.2. The van der Waals surface area contributed by atoms with Gasteiger partial charge >= 0.3 is 0 Å². The molecule has 0 aromatic heterocycles. The molecule has 0 bridgehead atoms. The monoisotopic (exact) mass is 3980 g/mol. The molecule has 13 amide bonds. The van der Waals surface area contributed by atoms with E-state index in [0.717, 1.165) is 44.6 Å². The third-order valence-electron chi connectivity index (χ3n) is 20.9. The predicted molar refractivity (Wildman–Crippen MR) is 695 cm³/mol. The summed E-state index contributed by atoms with van der Waals surface area (Å²) in [6.07, 6.45) is 7.64. The van der Waals surface area contributed by atoms with Crippen molar-refractivity contribution in [2.75, 3.05) is 125 Å². The van der Waals surface area contributed by atoms with Crippen molar-refractivity contribution >= 4 is 552 Å². The Morgan fingerprint density at radius 3 is 0.768 bits per heavy atom. The van der Waals surface area contributed by atoms with Gasteiger partial charge < -0.3 is 89.1 Å². The summed E-state index contributed by atoms with van der Waals surface area (Å²) in [5, 5.41) is 47.5. The van der Waals surface area contributed by atoms with Gasteiger partial charge in [0.15, 0.2) is 34.7 Å². The Morgan fingerprint density at radius 2 is 0.535 bits per heavy atom. The first-order valence-corrected chi connectivity index (χ1v) is 61.0. The lowest BCUT2D eigenvalue weighted by atomic mass is 9.78. The molecule has 0 spiro atoms. The number of ketones is 6. The highest BCUT2D eigenvalue weighted by Gasteiger charge is 2.38. The van der Waals surface area contributed by atoms with Crippen LogP contribution in [0.15, 0.2) is 0 Å². The fourth-order valence-corrected chi connectivity index (χ4v) is 42.6. The van der Waals surface area contributed by atoms with Crippen LogP contribution in [0.1, 0.15) is 232 Å². The van der Waals surface area contributed by atoms with Crippen LogP contribution < -0.4 is 78.9 Å². The number of nitrogens with one attached hydrogen (secondary N) is 11. The number of anilines is 6. The molecule has 1 fully saturated rings. The largest absolute Gasteiger partial charge is 0.395 e. The van der Waals surface area contributed by atoms with Crippen LogP contribution in [-0.4, -0.2) is 223 Å². The third-order valence-corrected chi connectivity index (χ3v) is 40.2. The van der Waals surface area contributed by atoms with Crippen LogP contribution in [0.4, 0.5) is 34.1 Å². The van der Waals surface area contributed by atoms with Crippen LogP contribution in [-0.2, 0) is 33.6 Å². The number of nitrogens with two attached hydrogens (primary N) is 1. The molecule has 772 valence electrons. The SMILES string of the molecule is CC(=O)c1c(I)c(NC(=O)CNC(=O)c2c(I)c(C(C)=O)c(I)c(N(C)C(C)=O)c2I)c(I)c(C(=O)NCCO)c1I.CNC(=O)c1c(I)c(C(=O)NCC(=O)Nc2c(I)c(C(C)=O)c(I)c(C(=O)NCCO)c2I)c(I)c(N(C)C(C)=O)c1I.CNC(=O)c1c(I)c(C(=O)NCC(=O)Nc2c(I)c(C(C)=O)c(I)c(C(C)=O)c2I)c(I)c(N(C)C(C)=O)c1I.CNC(CCCCN)C(=O)C1CCC(C)CC1. The van der Waals surface area contributed by atoms with Crippen molar-refractivity contribution in [2.45, 2.75) is 113 Å². The van der Waals surface area contributed by atoms with Crippen molar-refractivity contribution in [3.63, 3.8) is 0 Å². The fraction of sp³-hybridized carbons (Fsp3) is 0.375. The molecule has 0 aliphatic heterocycles. The van der Waals surface area contributed by atoms with E-state index in [0.29, 0.717) is 115 Å². The summed E-state index contributed by atoms with van der Waals surface area (Å²) >= 11 is 34.8. The number of unbranched alkanes of at least 4 members (excludes halogenated alkanes) is 1. The number of halogens is 18. The van der Waals surface area contributed by atoms with Crippen LogP contribution in [0, 0.1) is 76.1 Å². The van der Waals surface area contributed by atoms with E-state index in [1.54, 1.807) is 14.1 Å². The van der Waals surface area contributed by atoms with E-state index in [-0.39, 0.29) is 140 Å².